The summed E-state index contributed by atoms with van der Waals surface area (Å²) in [5, 5.41) is 3.33. The molecule has 1 saturated heterocycles. The Bertz CT molecular complexity index is 356. The van der Waals surface area contributed by atoms with Gasteiger partial charge in [-0.15, -0.1) is 0 Å². The van der Waals surface area contributed by atoms with Crippen molar-refractivity contribution in [3.63, 3.8) is 0 Å². The summed E-state index contributed by atoms with van der Waals surface area (Å²) in [6, 6.07) is 4.10. The molecule has 0 spiro atoms. The quantitative estimate of drug-likeness (QED) is 0.726. The summed E-state index contributed by atoms with van der Waals surface area (Å²) < 4.78 is 5.13. The van der Waals surface area contributed by atoms with E-state index in [4.69, 9.17) is 4.74 Å². The molecule has 0 bridgehead atoms. The standard InChI is InChI=1S/C11H12N2O/c1-2-9-5-10(4-8-6-14-7-8)13-11(9)12-3-1/h1-4,8H,5-7H2,(H,12,13). The molecular weight excluding hydrogens is 176 g/mol. The van der Waals surface area contributed by atoms with Gasteiger partial charge in [0.1, 0.15) is 5.82 Å². The average molecular weight is 188 g/mol. The van der Waals surface area contributed by atoms with Crippen LogP contribution < -0.4 is 5.32 Å². The highest BCUT2D eigenvalue weighted by Gasteiger charge is 2.20. The Balaban J connectivity index is 1.80. The van der Waals surface area contributed by atoms with Crippen LogP contribution in [0.3, 0.4) is 0 Å². The first-order valence-corrected chi connectivity index (χ1v) is 4.91. The second-order valence-electron chi connectivity index (χ2n) is 3.80. The Labute approximate surface area is 82.8 Å². The molecule has 2 aliphatic heterocycles. The molecule has 3 nitrogen and oxygen atoms in total. The Kier molecular flexibility index (Phi) is 1.77. The number of pyridine rings is 1. The van der Waals surface area contributed by atoms with E-state index < -0.39 is 0 Å². The lowest BCUT2D eigenvalue weighted by Gasteiger charge is -2.23. The number of allylic oxidation sites excluding steroid dienone is 1. The minimum atomic E-state index is 0.604. The SMILES string of the molecule is C(=C1Cc2cccnc2N1)C1COC1. The molecule has 14 heavy (non-hydrogen) atoms. The normalized spacial score (nSPS) is 23.0. The first-order valence-electron chi connectivity index (χ1n) is 4.91. The maximum absolute atomic E-state index is 5.13. The Morgan fingerprint density at radius 2 is 2.43 bits per heavy atom. The predicted octanol–water partition coefficient (Wildman–Crippen LogP) is 1.58. The lowest BCUT2D eigenvalue weighted by atomic mass is 10.1. The molecule has 1 N–H and O–H groups in total. The van der Waals surface area contributed by atoms with Crippen LogP contribution in [-0.4, -0.2) is 18.2 Å². The van der Waals surface area contributed by atoms with Gasteiger partial charge in [-0.25, -0.2) is 4.98 Å². The van der Waals surface area contributed by atoms with Gasteiger partial charge in [-0.3, -0.25) is 0 Å². The lowest BCUT2D eigenvalue weighted by Crippen LogP contribution is -2.26. The van der Waals surface area contributed by atoms with Crippen molar-refractivity contribution in [1.29, 1.82) is 0 Å². The lowest BCUT2D eigenvalue weighted by molar-refractivity contribution is -0.00801. The number of anilines is 1. The monoisotopic (exact) mass is 188 g/mol. The van der Waals surface area contributed by atoms with Crippen LogP contribution in [0.15, 0.2) is 30.1 Å². The molecule has 0 aromatic carbocycles. The predicted molar refractivity (Wildman–Crippen MR) is 54.0 cm³/mol. The van der Waals surface area contributed by atoms with Crippen LogP contribution in [0.5, 0.6) is 0 Å². The highest BCUT2D eigenvalue weighted by molar-refractivity contribution is 5.56. The van der Waals surface area contributed by atoms with E-state index in [1.165, 1.54) is 11.3 Å². The zero-order chi connectivity index (χ0) is 9.38. The van der Waals surface area contributed by atoms with Crippen molar-refractivity contribution in [2.45, 2.75) is 6.42 Å². The number of hydrogen-bond acceptors (Lipinski definition) is 3. The minimum Gasteiger partial charge on any atom is -0.380 e. The van der Waals surface area contributed by atoms with E-state index in [1.54, 1.807) is 0 Å². The number of aromatic nitrogens is 1. The van der Waals surface area contributed by atoms with Gasteiger partial charge in [0.25, 0.3) is 0 Å². The Morgan fingerprint density at radius 1 is 1.50 bits per heavy atom. The fraction of sp³-hybridized carbons (Fsp3) is 0.364. The molecule has 3 heteroatoms. The second kappa shape index (κ2) is 3.10. The maximum Gasteiger partial charge on any atom is 0.133 e. The molecule has 0 radical (unpaired) electrons. The molecule has 0 saturated carbocycles. The van der Waals surface area contributed by atoms with Crippen LogP contribution in [0, 0.1) is 5.92 Å². The summed E-state index contributed by atoms with van der Waals surface area (Å²) in [7, 11) is 0. The third kappa shape index (κ3) is 1.30. The van der Waals surface area contributed by atoms with Crippen molar-refractivity contribution in [2.24, 2.45) is 5.92 Å². The summed E-state index contributed by atoms with van der Waals surface area (Å²) in [6.07, 6.45) is 5.08. The molecule has 1 aromatic heterocycles. The number of fused-ring (bicyclic) bond motifs is 1. The van der Waals surface area contributed by atoms with Gasteiger partial charge in [0.2, 0.25) is 0 Å². The largest absolute Gasteiger partial charge is 0.380 e. The van der Waals surface area contributed by atoms with Gasteiger partial charge >= 0.3 is 0 Å². The third-order valence-electron chi connectivity index (χ3n) is 2.65. The van der Waals surface area contributed by atoms with Crippen LogP contribution in [0.25, 0.3) is 0 Å². The average Bonchev–Trinajstić information content (AvgIpc) is 2.53. The van der Waals surface area contributed by atoms with Crippen molar-refractivity contribution >= 4 is 5.82 Å². The smallest absolute Gasteiger partial charge is 0.133 e. The van der Waals surface area contributed by atoms with Gasteiger partial charge in [0, 0.05) is 29.8 Å². The van der Waals surface area contributed by atoms with Gasteiger partial charge in [0.15, 0.2) is 0 Å². The van der Waals surface area contributed by atoms with E-state index in [2.05, 4.69) is 22.4 Å². The number of ether oxygens (including phenoxy) is 1. The van der Waals surface area contributed by atoms with Gasteiger partial charge in [-0.05, 0) is 6.07 Å². The van der Waals surface area contributed by atoms with Crippen molar-refractivity contribution in [3.05, 3.63) is 35.7 Å². The molecule has 0 atom stereocenters. The number of nitrogens with one attached hydrogen (secondary N) is 1. The molecule has 72 valence electrons. The first-order chi connectivity index (χ1) is 6.92. The van der Waals surface area contributed by atoms with E-state index in [1.807, 2.05) is 12.3 Å². The fourth-order valence-electron chi connectivity index (χ4n) is 1.83. The van der Waals surface area contributed by atoms with E-state index in [-0.39, 0.29) is 0 Å². The minimum absolute atomic E-state index is 0.604. The maximum atomic E-state index is 5.13. The van der Waals surface area contributed by atoms with E-state index in [9.17, 15) is 0 Å². The van der Waals surface area contributed by atoms with Crippen LogP contribution >= 0.6 is 0 Å². The summed E-state index contributed by atoms with van der Waals surface area (Å²) in [5.74, 6) is 1.62. The molecule has 3 heterocycles. The highest BCUT2D eigenvalue weighted by atomic mass is 16.5. The molecule has 3 rings (SSSR count). The number of hydrogen-bond donors (Lipinski definition) is 1. The molecule has 2 aliphatic rings. The fourth-order valence-corrected chi connectivity index (χ4v) is 1.83. The molecular formula is C11H12N2O. The number of rotatable bonds is 1. The van der Waals surface area contributed by atoms with Gasteiger partial charge in [-0.1, -0.05) is 12.1 Å². The summed E-state index contributed by atoms with van der Waals surface area (Å²) >= 11 is 0. The van der Waals surface area contributed by atoms with E-state index >= 15 is 0 Å². The Hall–Kier alpha value is -1.35. The molecule has 1 aromatic rings. The van der Waals surface area contributed by atoms with Gasteiger partial charge in [0.05, 0.1) is 13.2 Å². The Morgan fingerprint density at radius 3 is 3.14 bits per heavy atom. The van der Waals surface area contributed by atoms with E-state index in [0.29, 0.717) is 5.92 Å². The van der Waals surface area contributed by atoms with Gasteiger partial charge in [-0.2, -0.15) is 0 Å². The van der Waals surface area contributed by atoms with Crippen molar-refractivity contribution in [1.82, 2.24) is 4.98 Å². The van der Waals surface area contributed by atoms with Crippen LogP contribution in [-0.2, 0) is 11.2 Å². The molecule has 0 unspecified atom stereocenters. The van der Waals surface area contributed by atoms with Crippen LogP contribution in [0.1, 0.15) is 5.56 Å². The summed E-state index contributed by atoms with van der Waals surface area (Å²) in [4.78, 5) is 4.28. The zero-order valence-electron chi connectivity index (χ0n) is 7.86. The summed E-state index contributed by atoms with van der Waals surface area (Å²) in [5.41, 5.74) is 2.56. The number of nitrogens with zero attached hydrogens (tertiary/aromatic N) is 1. The highest BCUT2D eigenvalue weighted by Crippen LogP contribution is 2.26. The van der Waals surface area contributed by atoms with E-state index in [0.717, 1.165) is 25.5 Å². The second-order valence-corrected chi connectivity index (χ2v) is 3.80. The third-order valence-corrected chi connectivity index (χ3v) is 2.65. The zero-order valence-corrected chi connectivity index (χ0v) is 7.86. The van der Waals surface area contributed by atoms with Crippen molar-refractivity contribution in [2.75, 3.05) is 18.5 Å². The molecule has 1 fully saturated rings. The first kappa shape index (κ1) is 8.00. The molecule has 0 amide bonds. The van der Waals surface area contributed by atoms with Crippen molar-refractivity contribution in [3.8, 4) is 0 Å². The van der Waals surface area contributed by atoms with Crippen LogP contribution in [0.2, 0.25) is 0 Å². The molecule has 0 aliphatic carbocycles. The van der Waals surface area contributed by atoms with Crippen molar-refractivity contribution < 1.29 is 4.74 Å². The summed E-state index contributed by atoms with van der Waals surface area (Å²) in [6.45, 7) is 1.74. The van der Waals surface area contributed by atoms with Gasteiger partial charge < -0.3 is 10.1 Å². The van der Waals surface area contributed by atoms with Crippen LogP contribution in [0.4, 0.5) is 5.82 Å². The topological polar surface area (TPSA) is 34.2 Å².